The van der Waals surface area contributed by atoms with Crippen molar-refractivity contribution in [2.45, 2.75) is 59.2 Å². The fourth-order valence-electron chi connectivity index (χ4n) is 2.79. The molecule has 3 rings (SSSR count). The first-order chi connectivity index (χ1) is 11.4. The molecule has 1 aliphatic heterocycles. The molecule has 0 radical (unpaired) electrons. The molecule has 0 amide bonds. The highest BCUT2D eigenvalue weighted by Crippen LogP contribution is 2.36. The first-order valence-corrected chi connectivity index (χ1v) is 8.27. The largest absolute Gasteiger partial charge is 0.488 e. The number of nitrogens with zero attached hydrogens (tertiary/aromatic N) is 4. The van der Waals surface area contributed by atoms with Gasteiger partial charge in [0.05, 0.1) is 0 Å². The molecule has 2 aromatic rings. The van der Waals surface area contributed by atoms with Crippen molar-refractivity contribution >= 4 is 5.84 Å². The van der Waals surface area contributed by atoms with Crippen molar-refractivity contribution in [3.05, 3.63) is 41.5 Å². The summed E-state index contributed by atoms with van der Waals surface area (Å²) in [6, 6.07) is 4.19. The standard InChI is InChI=1S/C18H24N4O2/c1-12(2)24-21-17(22-11-19-10-20-22)15-8-13(3)9-16-14(15)6-7-18(4,5)23-16/h8-12H,6-7H2,1-5H3/b21-17-. The van der Waals surface area contributed by atoms with E-state index in [1.54, 1.807) is 11.0 Å². The molecular weight excluding hydrogens is 304 g/mol. The van der Waals surface area contributed by atoms with Crippen molar-refractivity contribution < 1.29 is 9.57 Å². The van der Waals surface area contributed by atoms with Crippen LogP contribution in [0.3, 0.4) is 0 Å². The highest BCUT2D eigenvalue weighted by Gasteiger charge is 2.30. The van der Waals surface area contributed by atoms with Crippen LogP contribution in [0.1, 0.15) is 50.8 Å². The van der Waals surface area contributed by atoms with Crippen LogP contribution in [0.4, 0.5) is 0 Å². The van der Waals surface area contributed by atoms with Gasteiger partial charge in [0, 0.05) is 11.1 Å². The van der Waals surface area contributed by atoms with Crippen LogP contribution in [0.2, 0.25) is 0 Å². The molecule has 1 aliphatic rings. The Balaban J connectivity index is 2.12. The van der Waals surface area contributed by atoms with Crippen molar-refractivity contribution in [1.82, 2.24) is 14.8 Å². The zero-order valence-electron chi connectivity index (χ0n) is 14.9. The van der Waals surface area contributed by atoms with E-state index in [1.807, 2.05) is 13.8 Å². The van der Waals surface area contributed by atoms with E-state index in [1.165, 1.54) is 6.33 Å². The van der Waals surface area contributed by atoms with Gasteiger partial charge in [-0.15, -0.1) is 0 Å². The molecule has 0 N–H and O–H groups in total. The van der Waals surface area contributed by atoms with Crippen LogP contribution < -0.4 is 4.74 Å². The summed E-state index contributed by atoms with van der Waals surface area (Å²) in [7, 11) is 0. The highest BCUT2D eigenvalue weighted by atomic mass is 16.6. The maximum absolute atomic E-state index is 6.19. The summed E-state index contributed by atoms with van der Waals surface area (Å²) in [6.07, 6.45) is 4.98. The monoisotopic (exact) mass is 328 g/mol. The van der Waals surface area contributed by atoms with Crippen LogP contribution in [0.5, 0.6) is 5.75 Å². The Hall–Kier alpha value is -2.37. The van der Waals surface area contributed by atoms with Gasteiger partial charge in [0.2, 0.25) is 5.84 Å². The first kappa shape index (κ1) is 16.5. The lowest BCUT2D eigenvalue weighted by atomic mass is 9.90. The third-order valence-electron chi connectivity index (χ3n) is 3.94. The molecule has 128 valence electrons. The second-order valence-electron chi connectivity index (χ2n) is 7.06. The van der Waals surface area contributed by atoms with Gasteiger partial charge in [-0.3, -0.25) is 0 Å². The molecular formula is C18H24N4O2. The maximum Gasteiger partial charge on any atom is 0.201 e. The number of hydrogen-bond acceptors (Lipinski definition) is 5. The smallest absolute Gasteiger partial charge is 0.201 e. The van der Waals surface area contributed by atoms with E-state index in [-0.39, 0.29) is 11.7 Å². The van der Waals surface area contributed by atoms with Crippen molar-refractivity contribution in [1.29, 1.82) is 0 Å². The summed E-state index contributed by atoms with van der Waals surface area (Å²) in [6.45, 7) is 10.2. The van der Waals surface area contributed by atoms with Gasteiger partial charge in [-0.25, -0.2) is 4.98 Å². The quantitative estimate of drug-likeness (QED) is 0.492. The molecule has 0 saturated carbocycles. The molecule has 0 atom stereocenters. The van der Waals surface area contributed by atoms with Gasteiger partial charge in [-0.2, -0.15) is 9.78 Å². The van der Waals surface area contributed by atoms with Crippen molar-refractivity contribution in [3.63, 3.8) is 0 Å². The van der Waals surface area contributed by atoms with Crippen LogP contribution in [0.15, 0.2) is 29.9 Å². The molecule has 0 aliphatic carbocycles. The predicted molar refractivity (Wildman–Crippen MR) is 92.4 cm³/mol. The Bertz CT molecular complexity index is 749. The Kier molecular flexibility index (Phi) is 4.30. The van der Waals surface area contributed by atoms with Crippen molar-refractivity contribution in [3.8, 4) is 5.75 Å². The molecule has 0 saturated heterocycles. The minimum Gasteiger partial charge on any atom is -0.488 e. The molecule has 6 nitrogen and oxygen atoms in total. The number of hydrogen-bond donors (Lipinski definition) is 0. The van der Waals surface area contributed by atoms with Gasteiger partial charge in [-0.05, 0) is 65.2 Å². The highest BCUT2D eigenvalue weighted by molar-refractivity contribution is 6.01. The number of ether oxygens (including phenoxy) is 1. The van der Waals surface area contributed by atoms with Crippen LogP contribution in [0, 0.1) is 6.92 Å². The van der Waals surface area contributed by atoms with E-state index in [0.717, 1.165) is 35.3 Å². The number of fused-ring (bicyclic) bond motifs is 1. The molecule has 6 heteroatoms. The average Bonchev–Trinajstić information content (AvgIpc) is 2.99. The van der Waals surface area contributed by atoms with E-state index in [2.05, 4.69) is 48.1 Å². The maximum atomic E-state index is 6.19. The summed E-state index contributed by atoms with van der Waals surface area (Å²) in [5.41, 5.74) is 3.07. The number of oxime groups is 1. The summed E-state index contributed by atoms with van der Waals surface area (Å²) in [5, 5.41) is 8.58. The van der Waals surface area contributed by atoms with Crippen LogP contribution >= 0.6 is 0 Å². The summed E-state index contributed by atoms with van der Waals surface area (Å²) in [5.74, 6) is 1.54. The lowest BCUT2D eigenvalue weighted by Crippen LogP contribution is -2.33. The summed E-state index contributed by atoms with van der Waals surface area (Å²) < 4.78 is 7.83. The third-order valence-corrected chi connectivity index (χ3v) is 3.94. The number of benzene rings is 1. The molecule has 1 aromatic heterocycles. The Morgan fingerprint density at radius 1 is 1.38 bits per heavy atom. The van der Waals surface area contributed by atoms with E-state index < -0.39 is 0 Å². The fraction of sp³-hybridized carbons (Fsp3) is 0.500. The van der Waals surface area contributed by atoms with Gasteiger partial charge >= 0.3 is 0 Å². The molecule has 0 spiro atoms. The Morgan fingerprint density at radius 3 is 2.83 bits per heavy atom. The van der Waals surface area contributed by atoms with E-state index in [4.69, 9.17) is 9.57 Å². The summed E-state index contributed by atoms with van der Waals surface area (Å²) in [4.78, 5) is 9.55. The zero-order valence-corrected chi connectivity index (χ0v) is 14.9. The lowest BCUT2D eigenvalue weighted by Gasteiger charge is -2.34. The number of rotatable bonds is 3. The molecule has 0 bridgehead atoms. The summed E-state index contributed by atoms with van der Waals surface area (Å²) >= 11 is 0. The third kappa shape index (κ3) is 3.42. The molecule has 24 heavy (non-hydrogen) atoms. The fourth-order valence-corrected chi connectivity index (χ4v) is 2.79. The average molecular weight is 328 g/mol. The van der Waals surface area contributed by atoms with E-state index in [0.29, 0.717) is 5.84 Å². The first-order valence-electron chi connectivity index (χ1n) is 8.27. The number of aromatic nitrogens is 3. The van der Waals surface area contributed by atoms with E-state index >= 15 is 0 Å². The van der Waals surface area contributed by atoms with Crippen LogP contribution in [0.25, 0.3) is 0 Å². The molecule has 0 unspecified atom stereocenters. The van der Waals surface area contributed by atoms with Crippen molar-refractivity contribution in [2.75, 3.05) is 0 Å². The minimum atomic E-state index is -0.156. The predicted octanol–water partition coefficient (Wildman–Crippen LogP) is 3.33. The SMILES string of the molecule is Cc1cc2c(c(/C(=N/OC(C)C)n3cncn3)c1)CCC(C)(C)O2. The van der Waals surface area contributed by atoms with Gasteiger partial charge in [0.1, 0.15) is 30.1 Å². The Labute approximate surface area is 142 Å². The van der Waals surface area contributed by atoms with Gasteiger partial charge < -0.3 is 9.57 Å². The van der Waals surface area contributed by atoms with Gasteiger partial charge in [0.15, 0.2) is 0 Å². The van der Waals surface area contributed by atoms with Crippen LogP contribution in [-0.4, -0.2) is 32.3 Å². The number of aryl methyl sites for hydroxylation is 1. The zero-order chi connectivity index (χ0) is 17.3. The minimum absolute atomic E-state index is 0.0145. The van der Waals surface area contributed by atoms with Gasteiger partial charge in [0.25, 0.3) is 0 Å². The molecule has 1 aromatic carbocycles. The topological polar surface area (TPSA) is 61.5 Å². The Morgan fingerprint density at radius 2 is 2.17 bits per heavy atom. The van der Waals surface area contributed by atoms with Crippen LogP contribution in [-0.2, 0) is 11.3 Å². The van der Waals surface area contributed by atoms with Gasteiger partial charge in [-0.1, -0.05) is 5.16 Å². The second kappa shape index (κ2) is 6.26. The normalized spacial score (nSPS) is 16.7. The lowest BCUT2D eigenvalue weighted by molar-refractivity contribution is 0.0833. The molecule has 2 heterocycles. The van der Waals surface area contributed by atoms with Crippen molar-refractivity contribution in [2.24, 2.45) is 5.16 Å². The second-order valence-corrected chi connectivity index (χ2v) is 7.06. The molecule has 0 fully saturated rings. The van der Waals surface area contributed by atoms with E-state index in [9.17, 15) is 0 Å².